The van der Waals surface area contributed by atoms with E-state index in [4.69, 9.17) is 18.9 Å². The third-order valence-electron chi connectivity index (χ3n) is 3.74. The second-order valence-electron chi connectivity index (χ2n) is 7.05. The molecule has 0 spiro atoms. The lowest BCUT2D eigenvalue weighted by molar-refractivity contribution is -0.130. The number of esters is 2. The Balaban J connectivity index is 0.00000172. The lowest BCUT2D eigenvalue weighted by Gasteiger charge is -2.10. The van der Waals surface area contributed by atoms with Crippen LogP contribution in [0.2, 0.25) is 0 Å². The molecule has 0 aliphatic carbocycles. The molecule has 0 aromatic heterocycles. The number of carbonyl (C=O) groups excluding carboxylic acids is 3. The molecule has 0 amide bonds. The SMILES string of the molecule is C=C(C)OCCOC(=O)c1cc(OC=O)cc(-c2ccc(OC(=O)C(=C)C)cc2)c1.CCC. The molecule has 0 radical (unpaired) electrons. The van der Waals surface area contributed by atoms with Crippen LogP contribution in [-0.2, 0) is 19.1 Å². The number of rotatable bonds is 10. The van der Waals surface area contributed by atoms with Gasteiger partial charge in [-0.3, -0.25) is 4.79 Å². The summed E-state index contributed by atoms with van der Waals surface area (Å²) in [4.78, 5) is 34.7. The Morgan fingerprint density at radius 3 is 2.03 bits per heavy atom. The van der Waals surface area contributed by atoms with Crippen molar-refractivity contribution in [3.8, 4) is 22.6 Å². The number of allylic oxidation sites excluding steroid dienone is 1. The van der Waals surface area contributed by atoms with Crippen molar-refractivity contribution in [1.29, 1.82) is 0 Å². The fraction of sp³-hybridized carbons (Fsp3) is 0.269. The zero-order valence-electron chi connectivity index (χ0n) is 19.5. The molecule has 0 aliphatic heterocycles. The molecule has 176 valence electrons. The van der Waals surface area contributed by atoms with Crippen LogP contribution >= 0.6 is 0 Å². The maximum absolute atomic E-state index is 12.4. The summed E-state index contributed by atoms with van der Waals surface area (Å²) in [7, 11) is 0. The van der Waals surface area contributed by atoms with Crippen molar-refractivity contribution < 1.29 is 33.3 Å². The van der Waals surface area contributed by atoms with Gasteiger partial charge in [-0.2, -0.15) is 0 Å². The smallest absolute Gasteiger partial charge is 0.338 e. The normalized spacial score (nSPS) is 9.58. The lowest BCUT2D eigenvalue weighted by atomic mass is 10.0. The molecule has 0 saturated carbocycles. The molecule has 7 nitrogen and oxygen atoms in total. The Hall–Kier alpha value is -3.87. The monoisotopic (exact) mass is 454 g/mol. The van der Waals surface area contributed by atoms with Gasteiger partial charge in [-0.05, 0) is 55.3 Å². The summed E-state index contributed by atoms with van der Waals surface area (Å²) in [5, 5.41) is 0. The predicted molar refractivity (Wildman–Crippen MR) is 126 cm³/mol. The van der Waals surface area contributed by atoms with E-state index in [0.717, 1.165) is 0 Å². The first kappa shape index (κ1) is 27.2. The van der Waals surface area contributed by atoms with Gasteiger partial charge in [0.1, 0.15) is 24.7 Å². The van der Waals surface area contributed by atoms with Crippen LogP contribution < -0.4 is 9.47 Å². The van der Waals surface area contributed by atoms with Crippen molar-refractivity contribution in [2.24, 2.45) is 0 Å². The van der Waals surface area contributed by atoms with Crippen LogP contribution in [-0.4, -0.2) is 31.6 Å². The fourth-order valence-electron chi connectivity index (χ4n) is 2.35. The van der Waals surface area contributed by atoms with Crippen molar-refractivity contribution >= 4 is 18.4 Å². The van der Waals surface area contributed by atoms with Gasteiger partial charge in [0.2, 0.25) is 0 Å². The van der Waals surface area contributed by atoms with E-state index in [0.29, 0.717) is 22.6 Å². The van der Waals surface area contributed by atoms with Gasteiger partial charge in [-0.25, -0.2) is 9.59 Å². The molecule has 0 bridgehead atoms. The second-order valence-corrected chi connectivity index (χ2v) is 7.05. The molecule has 0 fully saturated rings. The first-order chi connectivity index (χ1) is 15.7. The fourth-order valence-corrected chi connectivity index (χ4v) is 2.35. The van der Waals surface area contributed by atoms with E-state index in [2.05, 4.69) is 27.0 Å². The Bertz CT molecular complexity index is 975. The molecular formula is C26H30O7. The molecule has 33 heavy (non-hydrogen) atoms. The van der Waals surface area contributed by atoms with Crippen LogP contribution in [0.1, 0.15) is 44.5 Å². The standard InChI is InChI=1S/C23H22O7.C3H8/c1-15(2)22(25)30-20-7-5-17(6-8-20)18-11-19(13-21(12-18)29-14-24)23(26)28-10-9-27-16(3)4;1-3-2/h5-8,11-14H,1,3,9-10H2,2,4H3;3H2,1-2H3. The number of ether oxygens (including phenoxy) is 4. The highest BCUT2D eigenvalue weighted by Crippen LogP contribution is 2.28. The summed E-state index contributed by atoms with van der Waals surface area (Å²) in [6.07, 6.45) is 1.25. The first-order valence-corrected chi connectivity index (χ1v) is 10.4. The van der Waals surface area contributed by atoms with Crippen LogP contribution in [0.25, 0.3) is 11.1 Å². The van der Waals surface area contributed by atoms with Crippen molar-refractivity contribution in [2.45, 2.75) is 34.1 Å². The summed E-state index contributed by atoms with van der Waals surface area (Å²) in [5.74, 6) is -0.0589. The van der Waals surface area contributed by atoms with E-state index in [1.165, 1.54) is 12.5 Å². The molecule has 2 aromatic rings. The summed E-state index contributed by atoms with van der Waals surface area (Å²) in [6.45, 7) is 15.1. The summed E-state index contributed by atoms with van der Waals surface area (Å²) >= 11 is 0. The molecule has 2 aromatic carbocycles. The summed E-state index contributed by atoms with van der Waals surface area (Å²) < 4.78 is 20.4. The zero-order valence-corrected chi connectivity index (χ0v) is 19.5. The van der Waals surface area contributed by atoms with E-state index in [1.807, 2.05) is 0 Å². The number of hydrogen-bond acceptors (Lipinski definition) is 7. The Labute approximate surface area is 194 Å². The molecular weight excluding hydrogens is 424 g/mol. The number of benzene rings is 2. The van der Waals surface area contributed by atoms with E-state index < -0.39 is 11.9 Å². The number of hydrogen-bond donors (Lipinski definition) is 0. The maximum atomic E-state index is 12.4. The van der Waals surface area contributed by atoms with Gasteiger partial charge in [-0.1, -0.05) is 45.6 Å². The van der Waals surface area contributed by atoms with E-state index >= 15 is 0 Å². The van der Waals surface area contributed by atoms with E-state index in [9.17, 15) is 14.4 Å². The molecule has 0 N–H and O–H groups in total. The highest BCUT2D eigenvalue weighted by Gasteiger charge is 2.13. The molecule has 0 unspecified atom stereocenters. The topological polar surface area (TPSA) is 88.1 Å². The Morgan fingerprint density at radius 2 is 1.48 bits per heavy atom. The van der Waals surface area contributed by atoms with Gasteiger partial charge in [0.05, 0.1) is 11.3 Å². The minimum atomic E-state index is -0.593. The van der Waals surface area contributed by atoms with E-state index in [1.54, 1.807) is 50.2 Å². The highest BCUT2D eigenvalue weighted by molar-refractivity contribution is 5.92. The Morgan fingerprint density at radius 1 is 0.879 bits per heavy atom. The lowest BCUT2D eigenvalue weighted by Crippen LogP contribution is -2.10. The Kier molecular flexibility index (Phi) is 11.7. The molecule has 0 saturated heterocycles. The van der Waals surface area contributed by atoms with Crippen molar-refractivity contribution in [3.63, 3.8) is 0 Å². The molecule has 0 aliphatic rings. The summed E-state index contributed by atoms with van der Waals surface area (Å²) in [6, 6.07) is 11.2. The van der Waals surface area contributed by atoms with Gasteiger partial charge >= 0.3 is 11.9 Å². The van der Waals surface area contributed by atoms with Gasteiger partial charge in [0.25, 0.3) is 6.47 Å². The van der Waals surface area contributed by atoms with E-state index in [-0.39, 0.29) is 36.6 Å². The van der Waals surface area contributed by atoms with Gasteiger partial charge in [0.15, 0.2) is 0 Å². The minimum absolute atomic E-state index is 0.0442. The predicted octanol–water partition coefficient (Wildman–Crippen LogP) is 5.49. The van der Waals surface area contributed by atoms with Crippen LogP contribution in [0.5, 0.6) is 11.5 Å². The molecule has 0 heterocycles. The van der Waals surface area contributed by atoms with Gasteiger partial charge < -0.3 is 18.9 Å². The average molecular weight is 455 g/mol. The van der Waals surface area contributed by atoms with Crippen LogP contribution in [0.4, 0.5) is 0 Å². The third kappa shape index (κ3) is 9.86. The minimum Gasteiger partial charge on any atom is -0.495 e. The largest absolute Gasteiger partial charge is 0.495 e. The van der Waals surface area contributed by atoms with Crippen molar-refractivity contribution in [1.82, 2.24) is 0 Å². The maximum Gasteiger partial charge on any atom is 0.338 e. The average Bonchev–Trinajstić information content (AvgIpc) is 2.77. The molecule has 2 rings (SSSR count). The zero-order chi connectivity index (χ0) is 24.8. The summed E-state index contributed by atoms with van der Waals surface area (Å²) in [5.41, 5.74) is 1.81. The molecule has 7 heteroatoms. The first-order valence-electron chi connectivity index (χ1n) is 10.4. The second kappa shape index (κ2) is 14.2. The van der Waals surface area contributed by atoms with Crippen LogP contribution in [0.15, 0.2) is 67.0 Å². The van der Waals surface area contributed by atoms with Crippen molar-refractivity contribution in [3.05, 3.63) is 72.5 Å². The quantitative estimate of drug-likeness (QED) is 0.117. The number of carbonyl (C=O) groups is 3. The third-order valence-corrected chi connectivity index (χ3v) is 3.74. The van der Waals surface area contributed by atoms with Gasteiger partial charge in [0, 0.05) is 5.57 Å². The van der Waals surface area contributed by atoms with Crippen LogP contribution in [0.3, 0.4) is 0 Å². The van der Waals surface area contributed by atoms with Crippen LogP contribution in [0, 0.1) is 0 Å². The van der Waals surface area contributed by atoms with Crippen molar-refractivity contribution in [2.75, 3.05) is 13.2 Å². The molecule has 0 atom stereocenters. The highest BCUT2D eigenvalue weighted by atomic mass is 16.6. The van der Waals surface area contributed by atoms with Gasteiger partial charge in [-0.15, -0.1) is 0 Å².